The molecule has 126 valence electrons. The molecule has 0 unspecified atom stereocenters. The Morgan fingerprint density at radius 2 is 2.00 bits per heavy atom. The zero-order chi connectivity index (χ0) is 17.7. The molecule has 0 atom stereocenters. The zero-order valence-corrected chi connectivity index (χ0v) is 14.0. The summed E-state index contributed by atoms with van der Waals surface area (Å²) in [4.78, 5) is 36.9. The Morgan fingerprint density at radius 1 is 1.29 bits per heavy atom. The molecule has 3 N–H and O–H groups in total. The van der Waals surface area contributed by atoms with E-state index >= 15 is 0 Å². The number of hydrogen-bond donors (Lipinski definition) is 3. The minimum Gasteiger partial charge on any atom is -0.487 e. The van der Waals surface area contributed by atoms with Gasteiger partial charge in [-0.1, -0.05) is 0 Å². The Morgan fingerprint density at radius 3 is 2.58 bits per heavy atom. The number of aromatic nitrogens is 1. The molecule has 0 saturated carbocycles. The Bertz CT molecular complexity index is 789. The number of H-pyrrole nitrogens is 1. The topological polar surface area (TPSA) is 126 Å². The molecule has 9 nitrogen and oxygen atoms in total. The summed E-state index contributed by atoms with van der Waals surface area (Å²) in [5, 5.41) is 11.0. The van der Waals surface area contributed by atoms with E-state index in [0.717, 1.165) is 6.07 Å². The first-order valence-electron chi connectivity index (χ1n) is 6.78. The van der Waals surface area contributed by atoms with Crippen molar-refractivity contribution in [2.75, 3.05) is 6.61 Å². The van der Waals surface area contributed by atoms with Gasteiger partial charge in [-0.2, -0.15) is 0 Å². The van der Waals surface area contributed by atoms with Crippen molar-refractivity contribution in [2.24, 2.45) is 0 Å². The van der Waals surface area contributed by atoms with Gasteiger partial charge in [0.15, 0.2) is 5.75 Å². The van der Waals surface area contributed by atoms with E-state index in [1.807, 2.05) is 0 Å². The number of carbonyl (C=O) groups excluding carboxylic acids is 2. The number of nitrogens with zero attached hydrogens (tertiary/aromatic N) is 1. The quantitative estimate of drug-likeness (QED) is 0.527. The second-order valence-corrected chi connectivity index (χ2v) is 5.43. The van der Waals surface area contributed by atoms with Crippen LogP contribution in [0.3, 0.4) is 0 Å². The van der Waals surface area contributed by atoms with Crippen LogP contribution in [-0.4, -0.2) is 28.3 Å². The minimum absolute atomic E-state index is 0.0121. The lowest BCUT2D eigenvalue weighted by atomic mass is 10.2. The molecule has 1 aromatic heterocycles. The molecule has 0 aliphatic carbocycles. The van der Waals surface area contributed by atoms with Crippen LogP contribution in [0.4, 0.5) is 5.69 Å². The van der Waals surface area contributed by atoms with Gasteiger partial charge in [-0.15, -0.1) is 0 Å². The number of nitro benzene ring substituents is 1. The molecule has 0 saturated heterocycles. The average Bonchev–Trinajstić information content (AvgIpc) is 2.99. The van der Waals surface area contributed by atoms with Crippen LogP contribution in [0, 0.1) is 10.1 Å². The van der Waals surface area contributed by atoms with Crippen LogP contribution < -0.4 is 15.6 Å². The van der Waals surface area contributed by atoms with Crippen LogP contribution in [0.15, 0.2) is 34.9 Å². The van der Waals surface area contributed by atoms with E-state index in [0.29, 0.717) is 4.47 Å². The highest BCUT2D eigenvalue weighted by molar-refractivity contribution is 9.10. The smallest absolute Gasteiger partial charge is 0.311 e. The normalized spacial score (nSPS) is 10.1. The Balaban J connectivity index is 2.08. The highest BCUT2D eigenvalue weighted by Gasteiger charge is 2.19. The van der Waals surface area contributed by atoms with Crippen molar-refractivity contribution in [2.45, 2.75) is 6.92 Å². The molecule has 2 aromatic rings. The first kappa shape index (κ1) is 17.5. The number of rotatable bonds is 5. The Labute approximate surface area is 144 Å². The molecule has 0 aliphatic rings. The third-order valence-corrected chi connectivity index (χ3v) is 3.36. The molecule has 0 bridgehead atoms. The SMILES string of the molecule is CCOc1ccc(C(=O)NNC(=O)c2cc(Br)c[nH]2)cc1[N+](=O)[O-]. The Kier molecular flexibility index (Phi) is 5.53. The molecular formula is C14H13BrN4O5. The maximum atomic E-state index is 12.0. The van der Waals surface area contributed by atoms with Gasteiger partial charge in [0.2, 0.25) is 0 Å². The fourth-order valence-corrected chi connectivity index (χ4v) is 2.17. The fourth-order valence-electron chi connectivity index (χ4n) is 1.83. The molecule has 2 rings (SSSR count). The maximum absolute atomic E-state index is 12.0. The number of hydrogen-bond acceptors (Lipinski definition) is 5. The molecule has 24 heavy (non-hydrogen) atoms. The molecular weight excluding hydrogens is 384 g/mol. The highest BCUT2D eigenvalue weighted by atomic mass is 79.9. The molecule has 1 aromatic carbocycles. The number of ether oxygens (including phenoxy) is 1. The lowest BCUT2D eigenvalue weighted by Gasteiger charge is -2.08. The van der Waals surface area contributed by atoms with Crippen molar-refractivity contribution in [3.8, 4) is 5.75 Å². The number of amides is 2. The summed E-state index contributed by atoms with van der Waals surface area (Å²) in [6.45, 7) is 1.95. The van der Waals surface area contributed by atoms with Gasteiger partial charge in [0.1, 0.15) is 5.69 Å². The summed E-state index contributed by atoms with van der Waals surface area (Å²) in [5.74, 6) is -1.19. The zero-order valence-electron chi connectivity index (χ0n) is 12.5. The predicted molar refractivity (Wildman–Crippen MR) is 87.7 cm³/mol. The molecule has 0 aliphatic heterocycles. The summed E-state index contributed by atoms with van der Waals surface area (Å²) in [6.07, 6.45) is 1.56. The standard InChI is InChI=1S/C14H13BrN4O5/c1-2-24-12-4-3-8(5-11(12)19(22)23)13(20)17-18-14(21)10-6-9(15)7-16-10/h3-7,16H,2H2,1H3,(H,17,20)(H,18,21). The third-order valence-electron chi connectivity index (χ3n) is 2.90. The van der Waals surface area contributed by atoms with Gasteiger partial charge in [-0.25, -0.2) is 0 Å². The number of hydrazine groups is 1. The van der Waals surface area contributed by atoms with Crippen molar-refractivity contribution in [3.05, 3.63) is 56.3 Å². The van der Waals surface area contributed by atoms with Crippen LogP contribution in [0.2, 0.25) is 0 Å². The van der Waals surface area contributed by atoms with E-state index in [1.54, 1.807) is 13.1 Å². The van der Waals surface area contributed by atoms with Crippen LogP contribution in [-0.2, 0) is 0 Å². The van der Waals surface area contributed by atoms with Crippen molar-refractivity contribution < 1.29 is 19.2 Å². The number of benzene rings is 1. The molecule has 0 spiro atoms. The number of nitro groups is 1. The highest BCUT2D eigenvalue weighted by Crippen LogP contribution is 2.27. The fraction of sp³-hybridized carbons (Fsp3) is 0.143. The van der Waals surface area contributed by atoms with Crippen LogP contribution in [0.5, 0.6) is 5.75 Å². The molecule has 2 amide bonds. The van der Waals surface area contributed by atoms with Crippen molar-refractivity contribution in [1.29, 1.82) is 0 Å². The molecule has 10 heteroatoms. The summed E-state index contributed by atoms with van der Waals surface area (Å²) >= 11 is 3.18. The predicted octanol–water partition coefficient (Wildman–Crippen LogP) is 2.16. The van der Waals surface area contributed by atoms with Crippen molar-refractivity contribution >= 4 is 33.4 Å². The van der Waals surface area contributed by atoms with Gasteiger partial charge in [0, 0.05) is 22.3 Å². The maximum Gasteiger partial charge on any atom is 0.311 e. The van der Waals surface area contributed by atoms with Crippen molar-refractivity contribution in [3.63, 3.8) is 0 Å². The van der Waals surface area contributed by atoms with Crippen LogP contribution in [0.25, 0.3) is 0 Å². The Hall–Kier alpha value is -2.88. The summed E-state index contributed by atoms with van der Waals surface area (Å²) in [5.41, 5.74) is 4.31. The number of nitrogens with one attached hydrogen (secondary N) is 3. The minimum atomic E-state index is -0.694. The largest absolute Gasteiger partial charge is 0.487 e. The van der Waals surface area contributed by atoms with E-state index in [1.165, 1.54) is 18.2 Å². The van der Waals surface area contributed by atoms with E-state index in [9.17, 15) is 19.7 Å². The van der Waals surface area contributed by atoms with E-state index in [-0.39, 0.29) is 29.3 Å². The first-order valence-corrected chi connectivity index (χ1v) is 7.57. The van der Waals surface area contributed by atoms with Gasteiger partial charge in [-0.3, -0.25) is 30.6 Å². The second-order valence-electron chi connectivity index (χ2n) is 4.51. The molecule has 0 fully saturated rings. The van der Waals surface area contributed by atoms with Crippen molar-refractivity contribution in [1.82, 2.24) is 15.8 Å². The summed E-state index contributed by atoms with van der Waals surface area (Å²) < 4.78 is 5.82. The van der Waals surface area contributed by atoms with E-state index < -0.39 is 16.7 Å². The van der Waals surface area contributed by atoms with Gasteiger partial charge >= 0.3 is 5.69 Å². The monoisotopic (exact) mass is 396 g/mol. The van der Waals surface area contributed by atoms with E-state index in [2.05, 4.69) is 31.8 Å². The van der Waals surface area contributed by atoms with Crippen LogP contribution >= 0.6 is 15.9 Å². The van der Waals surface area contributed by atoms with Gasteiger partial charge in [0.25, 0.3) is 11.8 Å². The van der Waals surface area contributed by atoms with Gasteiger partial charge in [0.05, 0.1) is 11.5 Å². The average molecular weight is 397 g/mol. The van der Waals surface area contributed by atoms with Gasteiger partial charge < -0.3 is 9.72 Å². The van der Waals surface area contributed by atoms with E-state index in [4.69, 9.17) is 4.74 Å². The number of halogens is 1. The van der Waals surface area contributed by atoms with Gasteiger partial charge in [-0.05, 0) is 41.1 Å². The second kappa shape index (κ2) is 7.59. The first-order chi connectivity index (χ1) is 11.4. The lowest BCUT2D eigenvalue weighted by molar-refractivity contribution is -0.385. The van der Waals surface area contributed by atoms with Crippen LogP contribution in [0.1, 0.15) is 27.8 Å². The molecule has 0 radical (unpaired) electrons. The summed E-state index contributed by atoms with van der Waals surface area (Å²) in [7, 11) is 0. The lowest BCUT2D eigenvalue weighted by Crippen LogP contribution is -2.41. The number of aromatic amines is 1. The number of carbonyl (C=O) groups is 2. The molecule has 1 heterocycles. The summed E-state index contributed by atoms with van der Waals surface area (Å²) in [6, 6.07) is 5.31. The third kappa shape index (κ3) is 4.10.